The molecule has 5 aliphatic carbocycles. The quantitative estimate of drug-likeness (QED) is 0.127. The maximum absolute atomic E-state index is 6.49. The van der Waals surface area contributed by atoms with Crippen LogP contribution in [0.25, 0.3) is 176 Å². The Morgan fingerprint density at radius 3 is 1.00 bits per heavy atom. The van der Waals surface area contributed by atoms with Gasteiger partial charge in [0, 0.05) is 44.9 Å². The van der Waals surface area contributed by atoms with Crippen LogP contribution in [0.3, 0.4) is 0 Å². The van der Waals surface area contributed by atoms with Crippen LogP contribution < -0.4 is 9.80 Å². The fraction of sp³-hybridized carbons (Fsp3) is 0.0167. The summed E-state index contributed by atoms with van der Waals surface area (Å²) >= 11 is 0. The number of fused-ring (bicyclic) bond motifs is 33. The van der Waals surface area contributed by atoms with Crippen molar-refractivity contribution in [2.75, 3.05) is 9.80 Å². The van der Waals surface area contributed by atoms with Gasteiger partial charge in [-0.05, 0) is 302 Å². The van der Waals surface area contributed by atoms with Gasteiger partial charge in [0.05, 0.1) is 10.8 Å². The van der Waals surface area contributed by atoms with E-state index in [1.807, 2.05) is 6.07 Å². The van der Waals surface area contributed by atoms with Crippen LogP contribution in [0.5, 0.6) is 0 Å². The summed E-state index contributed by atoms with van der Waals surface area (Å²) in [5, 5.41) is 12.5. The predicted octanol–water partition coefficient (Wildman–Crippen LogP) is 32.1. The van der Waals surface area contributed by atoms with E-state index in [-0.39, 0.29) is 0 Å². The number of para-hydroxylation sites is 2. The van der Waals surface area contributed by atoms with Crippen LogP contribution in [0.2, 0.25) is 0 Å². The van der Waals surface area contributed by atoms with E-state index in [0.29, 0.717) is 0 Å². The third kappa shape index (κ3) is 9.53. The molecule has 21 aromatic carbocycles. The average Bonchev–Trinajstić information content (AvgIpc) is 1.50. The van der Waals surface area contributed by atoms with Crippen LogP contribution in [0.4, 0.5) is 34.1 Å². The molecule has 0 saturated carbocycles. The zero-order valence-electron chi connectivity index (χ0n) is 66.9. The molecule has 3 heteroatoms. The summed E-state index contributed by atoms with van der Waals surface area (Å²) in [5.74, 6) is 0. The fourth-order valence-corrected chi connectivity index (χ4v) is 22.8. The average molecular weight is 1560 g/mol. The Hall–Kier alpha value is -15.9. The van der Waals surface area contributed by atoms with Gasteiger partial charge in [-0.15, -0.1) is 0 Å². The second-order valence-electron chi connectivity index (χ2n) is 33.9. The van der Waals surface area contributed by atoms with Crippen molar-refractivity contribution in [3.63, 3.8) is 0 Å². The zero-order chi connectivity index (χ0) is 80.3. The summed E-state index contributed by atoms with van der Waals surface area (Å²) in [6.07, 6.45) is 0. The van der Waals surface area contributed by atoms with E-state index in [4.69, 9.17) is 4.42 Å². The highest BCUT2D eigenvalue weighted by Gasteiger charge is 2.55. The molecule has 2 atom stereocenters. The molecule has 568 valence electrons. The molecule has 3 nitrogen and oxygen atoms in total. The Kier molecular flexibility index (Phi) is 14.3. The number of anilines is 6. The zero-order valence-corrected chi connectivity index (χ0v) is 66.9. The van der Waals surface area contributed by atoms with Gasteiger partial charge in [0.15, 0.2) is 0 Å². The minimum absolute atomic E-state index is 0.544. The van der Waals surface area contributed by atoms with E-state index in [1.165, 1.54) is 182 Å². The first-order valence-electron chi connectivity index (χ1n) is 42.8. The standard InChI is InChI=1S/C120H72N2O/c1-2-21-81(22-3-1)121(85-61-64-97-94-30-11-16-37-108(94)120(112(97)68-85)110-39-18-13-33-100(110)118-101-35-20-34-99-89-25-6-9-28-92(89)106(117(99)101)72-114(118)120)82-57-53-79(54-58-82)77-49-45-75(46-50-77)73-41-43-74(44-42-73)76-47-51-78(52-48-76)80-55-59-83(60-56-80)122(84-63-66-116-105(67-84)98-32-14-19-40-115(98)123-116)86-62-65-96-93-29-10-15-36-107(93)119(111(96)69-86)109-38-17-12-31-95(109)104-70-102-90-26-7-4-23-87(90)88-24-5-8-27-91(88)103(102)71-113(104)119/h1-72H. The van der Waals surface area contributed by atoms with Crippen molar-refractivity contribution >= 4 is 99.2 Å². The number of furan rings is 1. The minimum Gasteiger partial charge on any atom is -0.456 e. The van der Waals surface area contributed by atoms with Crippen molar-refractivity contribution in [2.24, 2.45) is 0 Å². The van der Waals surface area contributed by atoms with E-state index < -0.39 is 10.8 Å². The molecule has 123 heavy (non-hydrogen) atoms. The highest BCUT2D eigenvalue weighted by Crippen LogP contribution is 2.68. The molecule has 5 aliphatic rings. The Morgan fingerprint density at radius 1 is 0.154 bits per heavy atom. The third-order valence-electron chi connectivity index (χ3n) is 28.0. The van der Waals surface area contributed by atoms with Crippen LogP contribution in [-0.2, 0) is 10.8 Å². The number of benzene rings is 21. The van der Waals surface area contributed by atoms with Gasteiger partial charge < -0.3 is 14.2 Å². The molecule has 0 bridgehead atoms. The topological polar surface area (TPSA) is 19.6 Å². The Labute approximate surface area is 711 Å². The Morgan fingerprint density at radius 2 is 0.480 bits per heavy atom. The number of rotatable bonds is 10. The van der Waals surface area contributed by atoms with E-state index in [1.54, 1.807) is 0 Å². The summed E-state index contributed by atoms with van der Waals surface area (Å²) in [6.45, 7) is 0. The molecule has 0 aliphatic heterocycles. The smallest absolute Gasteiger partial charge is 0.135 e. The summed E-state index contributed by atoms with van der Waals surface area (Å²) in [5.41, 5.74) is 42.6. The molecule has 0 fully saturated rings. The van der Waals surface area contributed by atoms with Crippen molar-refractivity contribution in [1.82, 2.24) is 0 Å². The fourth-order valence-electron chi connectivity index (χ4n) is 22.8. The summed E-state index contributed by atoms with van der Waals surface area (Å²) < 4.78 is 6.49. The lowest BCUT2D eigenvalue weighted by Crippen LogP contribution is -2.26. The lowest BCUT2D eigenvalue weighted by molar-refractivity contribution is 0.669. The molecule has 0 amide bonds. The van der Waals surface area contributed by atoms with Gasteiger partial charge in [-0.3, -0.25) is 0 Å². The maximum atomic E-state index is 6.49. The maximum Gasteiger partial charge on any atom is 0.135 e. The molecule has 0 N–H and O–H groups in total. The van der Waals surface area contributed by atoms with Crippen molar-refractivity contribution in [3.8, 4) is 111 Å². The van der Waals surface area contributed by atoms with E-state index >= 15 is 0 Å². The normalized spacial score (nSPS) is 14.9. The lowest BCUT2D eigenvalue weighted by atomic mass is 9.70. The van der Waals surface area contributed by atoms with Crippen molar-refractivity contribution < 1.29 is 4.42 Å². The SMILES string of the molecule is c1ccc(N(c2ccc(-c3ccc(-c4ccc(-c5ccc(-c6ccc(N(c7ccc8c(c7)C7(c9ccccc9-8)c8ccccc8-c8cc9c%10ccccc%10c%10ccccc%10c9cc87)c7ccc8oc9ccccc9c8c7)cc6)cc5)cc4)cc3)cc2)c2ccc3c(c2)C2(c4ccccc4-3)c3ccccc3-c3c2cc2c4c(cccc34)-c3ccccc3-2)cc1. The molecule has 22 aromatic rings. The van der Waals surface area contributed by atoms with E-state index in [9.17, 15) is 0 Å². The first-order chi connectivity index (χ1) is 61.0. The van der Waals surface area contributed by atoms with Gasteiger partial charge >= 0.3 is 0 Å². The van der Waals surface area contributed by atoms with Gasteiger partial charge in [-0.2, -0.15) is 0 Å². The van der Waals surface area contributed by atoms with Crippen LogP contribution in [0.1, 0.15) is 44.5 Å². The van der Waals surface area contributed by atoms with E-state index in [0.717, 1.165) is 72.8 Å². The van der Waals surface area contributed by atoms with Crippen LogP contribution in [-0.4, -0.2) is 0 Å². The number of hydrogen-bond donors (Lipinski definition) is 0. The van der Waals surface area contributed by atoms with E-state index in [2.05, 4.69) is 441 Å². The number of hydrogen-bond acceptors (Lipinski definition) is 3. The largest absolute Gasteiger partial charge is 0.456 e. The summed E-state index contributed by atoms with van der Waals surface area (Å²) in [6, 6.07) is 164. The highest BCUT2D eigenvalue weighted by atomic mass is 16.3. The van der Waals surface area contributed by atoms with Gasteiger partial charge in [0.25, 0.3) is 0 Å². The summed E-state index contributed by atoms with van der Waals surface area (Å²) in [4.78, 5) is 4.88. The second-order valence-corrected chi connectivity index (χ2v) is 33.9. The molecular weight excluding hydrogens is 1490 g/mol. The Balaban J connectivity index is 0.487. The first kappa shape index (κ1) is 68.0. The highest BCUT2D eigenvalue weighted by molar-refractivity contribution is 6.27. The van der Waals surface area contributed by atoms with Crippen molar-refractivity contribution in [3.05, 3.63) is 481 Å². The lowest BCUT2D eigenvalue weighted by Gasteiger charge is -2.32. The van der Waals surface area contributed by atoms with Gasteiger partial charge in [-0.1, -0.05) is 334 Å². The van der Waals surface area contributed by atoms with Crippen molar-refractivity contribution in [2.45, 2.75) is 10.8 Å². The number of nitrogens with zero attached hydrogens (tertiary/aromatic N) is 2. The third-order valence-corrected chi connectivity index (χ3v) is 28.0. The molecular formula is C120H72N2O. The molecule has 2 spiro atoms. The molecule has 1 heterocycles. The van der Waals surface area contributed by atoms with Crippen LogP contribution in [0.15, 0.2) is 441 Å². The minimum atomic E-state index is -0.596. The van der Waals surface area contributed by atoms with Gasteiger partial charge in [-0.25, -0.2) is 0 Å². The molecule has 2 unspecified atom stereocenters. The monoisotopic (exact) mass is 1560 g/mol. The van der Waals surface area contributed by atoms with Crippen LogP contribution in [0, 0.1) is 0 Å². The van der Waals surface area contributed by atoms with Crippen LogP contribution >= 0.6 is 0 Å². The van der Waals surface area contributed by atoms with Gasteiger partial charge in [0.1, 0.15) is 11.2 Å². The predicted molar refractivity (Wildman–Crippen MR) is 512 cm³/mol. The molecule has 0 saturated heterocycles. The summed E-state index contributed by atoms with van der Waals surface area (Å²) in [7, 11) is 0. The second kappa shape index (κ2) is 25.8. The van der Waals surface area contributed by atoms with Gasteiger partial charge in [0.2, 0.25) is 0 Å². The first-order valence-corrected chi connectivity index (χ1v) is 42.8. The molecule has 27 rings (SSSR count). The molecule has 0 radical (unpaired) electrons. The Bertz CT molecular complexity index is 8280. The molecule has 1 aromatic heterocycles. The van der Waals surface area contributed by atoms with Crippen molar-refractivity contribution in [1.29, 1.82) is 0 Å².